The maximum Gasteiger partial charge on any atom is 0.469 e. The number of alkyl carbamates (subject to hydrolysis) is 1. The number of benzene rings is 2. The van der Waals surface area contributed by atoms with Gasteiger partial charge in [0.2, 0.25) is 0 Å². The SMILES string of the molecule is CC(C)(COP(=O)(O)O)CC(=O)O[C@@H](CCCc1ccccc1)[C@H](Cc1ccccc1)NC(=O)OCc1cncs1. The quantitative estimate of drug-likeness (QED) is 0.144. The Labute approximate surface area is 244 Å². The van der Waals surface area contributed by atoms with E-state index in [2.05, 4.69) is 14.8 Å². The summed E-state index contributed by atoms with van der Waals surface area (Å²) in [5.74, 6) is -0.563. The molecule has 3 aromatic rings. The third kappa shape index (κ3) is 13.0. The smallest absolute Gasteiger partial charge is 0.460 e. The van der Waals surface area contributed by atoms with Crippen molar-refractivity contribution in [3.8, 4) is 0 Å². The molecule has 1 aromatic heterocycles. The Balaban J connectivity index is 1.75. The molecule has 0 unspecified atom stereocenters. The summed E-state index contributed by atoms with van der Waals surface area (Å²) in [7, 11) is -4.69. The van der Waals surface area contributed by atoms with E-state index >= 15 is 0 Å². The van der Waals surface area contributed by atoms with Gasteiger partial charge in [0.25, 0.3) is 0 Å². The molecule has 0 saturated carbocycles. The molecule has 0 spiro atoms. The van der Waals surface area contributed by atoms with Crippen LogP contribution in [0.2, 0.25) is 0 Å². The van der Waals surface area contributed by atoms with Crippen LogP contribution in [0.5, 0.6) is 0 Å². The fraction of sp³-hybridized carbons (Fsp3) is 0.414. The number of ether oxygens (including phenoxy) is 2. The van der Waals surface area contributed by atoms with Gasteiger partial charge in [-0.25, -0.2) is 9.36 Å². The number of aryl methyl sites for hydroxylation is 1. The zero-order valence-electron chi connectivity index (χ0n) is 23.2. The number of carbonyl (C=O) groups excluding carboxylic acids is 2. The lowest BCUT2D eigenvalue weighted by atomic mass is 9.90. The molecule has 222 valence electrons. The Morgan fingerprint density at radius 1 is 1.05 bits per heavy atom. The molecule has 12 heteroatoms. The van der Waals surface area contributed by atoms with Crippen LogP contribution in [0, 0.1) is 5.41 Å². The van der Waals surface area contributed by atoms with Gasteiger partial charge in [0, 0.05) is 6.20 Å². The summed E-state index contributed by atoms with van der Waals surface area (Å²) in [6, 6.07) is 18.9. The molecule has 1 amide bonds. The number of carbonyl (C=O) groups is 2. The maximum atomic E-state index is 13.1. The molecule has 0 saturated heterocycles. The van der Waals surface area contributed by atoms with Crippen LogP contribution in [-0.4, -0.2) is 45.6 Å². The average Bonchev–Trinajstić information content (AvgIpc) is 3.44. The topological polar surface area (TPSA) is 144 Å². The summed E-state index contributed by atoms with van der Waals surface area (Å²) >= 11 is 1.38. The molecule has 10 nitrogen and oxygen atoms in total. The minimum Gasteiger partial charge on any atom is -0.460 e. The van der Waals surface area contributed by atoms with Crippen LogP contribution in [0.1, 0.15) is 49.1 Å². The minimum absolute atomic E-state index is 0.0702. The van der Waals surface area contributed by atoms with Crippen LogP contribution in [0.15, 0.2) is 72.4 Å². The summed E-state index contributed by atoms with van der Waals surface area (Å²) in [6.45, 7) is 3.05. The van der Waals surface area contributed by atoms with Crippen molar-refractivity contribution in [1.82, 2.24) is 10.3 Å². The van der Waals surface area contributed by atoms with Gasteiger partial charge in [-0.3, -0.25) is 14.3 Å². The van der Waals surface area contributed by atoms with E-state index in [1.165, 1.54) is 11.3 Å². The van der Waals surface area contributed by atoms with Crippen molar-refractivity contribution in [3.63, 3.8) is 0 Å². The van der Waals surface area contributed by atoms with Crippen molar-refractivity contribution in [2.24, 2.45) is 5.41 Å². The van der Waals surface area contributed by atoms with Crippen LogP contribution in [0.4, 0.5) is 4.79 Å². The molecule has 0 fully saturated rings. The van der Waals surface area contributed by atoms with Crippen molar-refractivity contribution in [2.45, 2.75) is 64.7 Å². The number of nitrogens with zero attached hydrogens (tertiary/aromatic N) is 1. The maximum absolute atomic E-state index is 13.1. The Hall–Kier alpha value is -3.08. The van der Waals surface area contributed by atoms with Crippen LogP contribution in [-0.2, 0) is 42.8 Å². The number of phosphoric acid groups is 1. The zero-order chi connectivity index (χ0) is 29.7. The lowest BCUT2D eigenvalue weighted by Crippen LogP contribution is -2.47. The highest BCUT2D eigenvalue weighted by Crippen LogP contribution is 2.39. The molecule has 3 rings (SSSR count). The van der Waals surface area contributed by atoms with E-state index in [1.54, 1.807) is 25.6 Å². The highest BCUT2D eigenvalue weighted by molar-refractivity contribution is 7.46. The first-order valence-corrected chi connectivity index (χ1v) is 15.7. The van der Waals surface area contributed by atoms with Gasteiger partial charge < -0.3 is 24.6 Å². The highest BCUT2D eigenvalue weighted by atomic mass is 32.1. The Morgan fingerprint density at radius 3 is 2.32 bits per heavy atom. The van der Waals surface area contributed by atoms with Gasteiger partial charge in [0.1, 0.15) is 12.7 Å². The van der Waals surface area contributed by atoms with E-state index in [0.717, 1.165) is 22.4 Å². The van der Waals surface area contributed by atoms with Crippen molar-refractivity contribution in [1.29, 1.82) is 0 Å². The molecule has 0 aliphatic rings. The van der Waals surface area contributed by atoms with Gasteiger partial charge in [-0.15, -0.1) is 11.3 Å². The number of thiazole rings is 1. The molecular formula is C29H37N2O8PS. The summed E-state index contributed by atoms with van der Waals surface area (Å²) in [5, 5.41) is 2.91. The van der Waals surface area contributed by atoms with Gasteiger partial charge in [-0.2, -0.15) is 0 Å². The van der Waals surface area contributed by atoms with Crippen molar-refractivity contribution in [2.75, 3.05) is 6.61 Å². The number of aromatic nitrogens is 1. The van der Waals surface area contributed by atoms with Crippen LogP contribution in [0.3, 0.4) is 0 Å². The Bertz CT molecular complexity index is 1250. The van der Waals surface area contributed by atoms with Crippen molar-refractivity contribution in [3.05, 3.63) is 88.4 Å². The standard InChI is InChI=1S/C29H37N2O8PS/c1-29(2,20-38-40(34,35)36)17-27(32)39-26(15-9-14-22-10-5-3-6-11-22)25(16-23-12-7-4-8-13-23)31-28(33)37-19-24-18-30-21-41-24/h3-8,10-13,18,21,25-26H,9,14-17,19-20H2,1-2H3,(H,31,33)(H2,34,35,36)/t25-,26-/m0/s1. The normalized spacial score (nSPS) is 13.3. The average molecular weight is 605 g/mol. The van der Waals surface area contributed by atoms with Crippen LogP contribution >= 0.6 is 19.2 Å². The molecule has 2 atom stereocenters. The molecule has 1 heterocycles. The third-order valence-corrected chi connectivity index (χ3v) is 7.42. The molecule has 0 aliphatic carbocycles. The van der Waals surface area contributed by atoms with Gasteiger partial charge in [-0.1, -0.05) is 74.5 Å². The van der Waals surface area contributed by atoms with Crippen LogP contribution < -0.4 is 5.32 Å². The molecule has 0 aliphatic heterocycles. The van der Waals surface area contributed by atoms with E-state index in [-0.39, 0.29) is 19.6 Å². The predicted octanol–water partition coefficient (Wildman–Crippen LogP) is 5.44. The number of amides is 1. The van der Waals surface area contributed by atoms with Crippen LogP contribution in [0.25, 0.3) is 0 Å². The molecular weight excluding hydrogens is 567 g/mol. The lowest BCUT2D eigenvalue weighted by Gasteiger charge is -2.30. The monoisotopic (exact) mass is 604 g/mol. The van der Waals surface area contributed by atoms with E-state index in [9.17, 15) is 14.2 Å². The van der Waals surface area contributed by atoms with Crippen molar-refractivity contribution < 1.29 is 37.9 Å². The summed E-state index contributed by atoms with van der Waals surface area (Å²) in [6.07, 6.45) is 2.46. The third-order valence-electron chi connectivity index (χ3n) is 6.21. The number of hydrogen-bond acceptors (Lipinski definition) is 8. The summed E-state index contributed by atoms with van der Waals surface area (Å²) in [5.41, 5.74) is 2.84. The van der Waals surface area contributed by atoms with Crippen molar-refractivity contribution >= 4 is 31.2 Å². The Kier molecular flexibility index (Phi) is 12.5. The molecule has 0 radical (unpaired) electrons. The number of rotatable bonds is 16. The molecule has 3 N–H and O–H groups in total. The first kappa shape index (κ1) is 32.4. The Morgan fingerprint density at radius 2 is 1.71 bits per heavy atom. The first-order valence-electron chi connectivity index (χ1n) is 13.3. The number of nitrogens with one attached hydrogen (secondary N) is 1. The zero-order valence-corrected chi connectivity index (χ0v) is 24.9. The van der Waals surface area contributed by atoms with Gasteiger partial charge in [0.05, 0.1) is 29.5 Å². The molecule has 0 bridgehead atoms. The molecule has 41 heavy (non-hydrogen) atoms. The largest absolute Gasteiger partial charge is 0.469 e. The van der Waals surface area contributed by atoms with E-state index in [0.29, 0.717) is 19.3 Å². The van der Waals surface area contributed by atoms with Gasteiger partial charge in [-0.05, 0) is 42.2 Å². The van der Waals surface area contributed by atoms with Gasteiger partial charge in [0.15, 0.2) is 0 Å². The second-order valence-electron chi connectivity index (χ2n) is 10.5. The number of phosphoric ester groups is 1. The highest BCUT2D eigenvalue weighted by Gasteiger charge is 2.32. The number of hydrogen-bond donors (Lipinski definition) is 3. The summed E-state index contributed by atoms with van der Waals surface area (Å²) < 4.78 is 27.2. The predicted molar refractivity (Wildman–Crippen MR) is 155 cm³/mol. The van der Waals surface area contributed by atoms with E-state index < -0.39 is 37.4 Å². The fourth-order valence-electron chi connectivity index (χ4n) is 4.19. The van der Waals surface area contributed by atoms with E-state index in [1.807, 2.05) is 60.7 Å². The fourth-order valence-corrected chi connectivity index (χ4v) is 5.22. The second kappa shape index (κ2) is 15.8. The molecule has 2 aromatic carbocycles. The number of esters is 1. The van der Waals surface area contributed by atoms with Gasteiger partial charge >= 0.3 is 19.9 Å². The second-order valence-corrected chi connectivity index (χ2v) is 12.7. The minimum atomic E-state index is -4.69. The lowest BCUT2D eigenvalue weighted by molar-refractivity contribution is -0.154. The summed E-state index contributed by atoms with van der Waals surface area (Å²) in [4.78, 5) is 48.9. The first-order chi connectivity index (χ1) is 19.5. The van der Waals surface area contributed by atoms with E-state index in [4.69, 9.17) is 19.3 Å².